The second-order valence-corrected chi connectivity index (χ2v) is 7.94. The number of carbonyl (C=O) groups is 2. The zero-order chi connectivity index (χ0) is 21.3. The number of carboxylic acid groups (broad SMARTS) is 1. The Balaban J connectivity index is 1.76. The molecule has 0 aliphatic heterocycles. The van der Waals surface area contributed by atoms with Crippen LogP contribution in [0.25, 0.3) is 16.3 Å². The maximum absolute atomic E-state index is 14.2. The lowest BCUT2D eigenvalue weighted by molar-refractivity contribution is 0.0696. The number of aromatic carboxylic acids is 1. The third kappa shape index (κ3) is 3.96. The van der Waals surface area contributed by atoms with Crippen LogP contribution < -0.4 is 5.32 Å². The summed E-state index contributed by atoms with van der Waals surface area (Å²) in [7, 11) is 0. The van der Waals surface area contributed by atoms with Crippen molar-refractivity contribution in [1.29, 1.82) is 0 Å². The van der Waals surface area contributed by atoms with Gasteiger partial charge in [0.1, 0.15) is 11.5 Å². The van der Waals surface area contributed by atoms with Crippen molar-refractivity contribution in [3.05, 3.63) is 88.1 Å². The summed E-state index contributed by atoms with van der Waals surface area (Å²) in [6.45, 7) is 0. The number of halogens is 2. The molecule has 0 aliphatic carbocycles. The third-order valence-electron chi connectivity index (χ3n) is 4.25. The highest BCUT2D eigenvalue weighted by molar-refractivity contribution is 7.19. The van der Waals surface area contributed by atoms with E-state index in [1.807, 2.05) is 30.3 Å². The first kappa shape index (κ1) is 19.8. The zero-order valence-electron chi connectivity index (χ0n) is 15.2. The quantitative estimate of drug-likeness (QED) is 0.437. The first-order chi connectivity index (χ1) is 14.4. The Morgan fingerprint density at radius 1 is 1.10 bits per heavy atom. The molecular weight excluding hydrogens is 429 g/mol. The first-order valence-electron chi connectivity index (χ1n) is 8.67. The standard InChI is InChI=1S/C21H13ClFN3O3S/c22-18-9-8-17(30-18)19-14(11-26(25-19)13-4-2-1-3-5-13)20(27)24-16-10-12(21(28)29)6-7-15(16)23/h1-11H,(H,24,27)(H,28,29). The molecule has 2 heterocycles. The number of carbonyl (C=O) groups excluding carboxylic acids is 1. The fourth-order valence-corrected chi connectivity index (χ4v) is 3.86. The van der Waals surface area contributed by atoms with Crippen molar-refractivity contribution in [3.8, 4) is 16.3 Å². The Bertz CT molecular complexity index is 1250. The highest BCUT2D eigenvalue weighted by Crippen LogP contribution is 2.33. The van der Waals surface area contributed by atoms with E-state index in [9.17, 15) is 14.0 Å². The number of amides is 1. The van der Waals surface area contributed by atoms with Crippen LogP contribution in [0.2, 0.25) is 4.34 Å². The number of aromatic nitrogens is 2. The molecule has 0 saturated carbocycles. The normalized spacial score (nSPS) is 10.7. The minimum atomic E-state index is -1.23. The highest BCUT2D eigenvalue weighted by atomic mass is 35.5. The minimum absolute atomic E-state index is 0.142. The molecule has 0 aliphatic rings. The van der Waals surface area contributed by atoms with Gasteiger partial charge in [0.25, 0.3) is 5.91 Å². The SMILES string of the molecule is O=C(O)c1ccc(F)c(NC(=O)c2cn(-c3ccccc3)nc2-c2ccc(Cl)s2)c1. The summed E-state index contributed by atoms with van der Waals surface area (Å²) in [5, 5.41) is 16.1. The van der Waals surface area contributed by atoms with Crippen LogP contribution in [0.4, 0.5) is 10.1 Å². The fourth-order valence-electron chi connectivity index (χ4n) is 2.82. The molecule has 0 radical (unpaired) electrons. The van der Waals surface area contributed by atoms with E-state index < -0.39 is 17.7 Å². The number of para-hydroxylation sites is 1. The van der Waals surface area contributed by atoms with Crippen LogP contribution in [0.5, 0.6) is 0 Å². The van der Waals surface area contributed by atoms with Crippen LogP contribution in [-0.2, 0) is 0 Å². The molecule has 9 heteroatoms. The van der Waals surface area contributed by atoms with Gasteiger partial charge >= 0.3 is 5.97 Å². The molecule has 2 aromatic carbocycles. The number of nitrogens with one attached hydrogen (secondary N) is 1. The lowest BCUT2D eigenvalue weighted by atomic mass is 10.1. The summed E-state index contributed by atoms with van der Waals surface area (Å²) >= 11 is 7.30. The van der Waals surface area contributed by atoms with Crippen molar-refractivity contribution in [2.24, 2.45) is 0 Å². The van der Waals surface area contributed by atoms with Gasteiger partial charge in [0, 0.05) is 6.20 Å². The molecule has 4 aromatic rings. The van der Waals surface area contributed by atoms with Gasteiger partial charge in [-0.1, -0.05) is 29.8 Å². The summed E-state index contributed by atoms with van der Waals surface area (Å²) in [4.78, 5) is 24.8. The zero-order valence-corrected chi connectivity index (χ0v) is 16.7. The Hall–Kier alpha value is -3.49. The van der Waals surface area contributed by atoms with Gasteiger partial charge in [0.05, 0.1) is 31.7 Å². The molecule has 1 amide bonds. The van der Waals surface area contributed by atoms with Crippen molar-refractivity contribution < 1.29 is 19.1 Å². The summed E-state index contributed by atoms with van der Waals surface area (Å²) < 4.78 is 16.2. The molecule has 0 atom stereocenters. The molecule has 150 valence electrons. The van der Waals surface area contributed by atoms with E-state index in [0.717, 1.165) is 23.9 Å². The smallest absolute Gasteiger partial charge is 0.335 e. The number of rotatable bonds is 5. The molecule has 4 rings (SSSR count). The topological polar surface area (TPSA) is 84.2 Å². The van der Waals surface area contributed by atoms with Crippen LogP contribution in [0.1, 0.15) is 20.7 Å². The van der Waals surface area contributed by atoms with E-state index in [2.05, 4.69) is 10.4 Å². The average Bonchev–Trinajstić information content (AvgIpc) is 3.36. The van der Waals surface area contributed by atoms with E-state index in [1.165, 1.54) is 17.5 Å². The number of hydrogen-bond donors (Lipinski definition) is 2. The summed E-state index contributed by atoms with van der Waals surface area (Å²) in [6.07, 6.45) is 1.53. The van der Waals surface area contributed by atoms with E-state index in [0.29, 0.717) is 14.9 Å². The predicted molar refractivity (Wildman–Crippen MR) is 113 cm³/mol. The van der Waals surface area contributed by atoms with E-state index in [1.54, 1.807) is 16.8 Å². The van der Waals surface area contributed by atoms with Gasteiger partial charge in [-0.25, -0.2) is 13.9 Å². The number of nitrogens with zero attached hydrogens (tertiary/aromatic N) is 2. The highest BCUT2D eigenvalue weighted by Gasteiger charge is 2.21. The second kappa shape index (κ2) is 8.10. The van der Waals surface area contributed by atoms with Gasteiger partial charge in [0.15, 0.2) is 0 Å². The number of thiophene rings is 1. The minimum Gasteiger partial charge on any atom is -0.478 e. The number of benzene rings is 2. The van der Waals surface area contributed by atoms with Gasteiger partial charge in [-0.05, 0) is 42.5 Å². The molecule has 0 unspecified atom stereocenters. The molecule has 0 bridgehead atoms. The Labute approximate surface area is 179 Å². The lowest BCUT2D eigenvalue weighted by Gasteiger charge is -2.07. The molecule has 0 saturated heterocycles. The van der Waals surface area contributed by atoms with Gasteiger partial charge in [-0.15, -0.1) is 11.3 Å². The van der Waals surface area contributed by atoms with Crippen LogP contribution in [-0.4, -0.2) is 26.8 Å². The number of carboxylic acids is 1. The van der Waals surface area contributed by atoms with Crippen LogP contribution >= 0.6 is 22.9 Å². The molecule has 0 fully saturated rings. The number of anilines is 1. The third-order valence-corrected chi connectivity index (χ3v) is 5.49. The largest absolute Gasteiger partial charge is 0.478 e. The summed E-state index contributed by atoms with van der Waals surface area (Å²) in [5.41, 5.74) is 0.930. The molecule has 0 spiro atoms. The predicted octanol–water partition coefficient (Wildman–Crippen LogP) is 5.34. The van der Waals surface area contributed by atoms with Gasteiger partial charge in [-0.3, -0.25) is 4.79 Å². The Morgan fingerprint density at radius 2 is 1.87 bits per heavy atom. The molecule has 2 aromatic heterocycles. The number of hydrogen-bond acceptors (Lipinski definition) is 4. The van der Waals surface area contributed by atoms with E-state index >= 15 is 0 Å². The van der Waals surface area contributed by atoms with Crippen LogP contribution in [0.3, 0.4) is 0 Å². The van der Waals surface area contributed by atoms with Crippen molar-refractivity contribution in [2.45, 2.75) is 0 Å². The molecule has 6 nitrogen and oxygen atoms in total. The second-order valence-electron chi connectivity index (χ2n) is 6.23. The van der Waals surface area contributed by atoms with E-state index in [-0.39, 0.29) is 16.8 Å². The van der Waals surface area contributed by atoms with Crippen molar-refractivity contribution >= 4 is 40.5 Å². The van der Waals surface area contributed by atoms with Crippen molar-refractivity contribution in [1.82, 2.24) is 9.78 Å². The maximum atomic E-state index is 14.2. The summed E-state index contributed by atoms with van der Waals surface area (Å²) in [5.74, 6) is -2.60. The van der Waals surface area contributed by atoms with Gasteiger partial charge < -0.3 is 10.4 Å². The lowest BCUT2D eigenvalue weighted by Crippen LogP contribution is -2.14. The van der Waals surface area contributed by atoms with Crippen LogP contribution in [0.15, 0.2) is 66.9 Å². The van der Waals surface area contributed by atoms with Crippen molar-refractivity contribution in [2.75, 3.05) is 5.32 Å². The molecule has 30 heavy (non-hydrogen) atoms. The van der Waals surface area contributed by atoms with Crippen molar-refractivity contribution in [3.63, 3.8) is 0 Å². The fraction of sp³-hybridized carbons (Fsp3) is 0. The first-order valence-corrected chi connectivity index (χ1v) is 9.87. The van der Waals surface area contributed by atoms with Crippen LogP contribution in [0, 0.1) is 5.82 Å². The maximum Gasteiger partial charge on any atom is 0.335 e. The average molecular weight is 442 g/mol. The monoisotopic (exact) mass is 441 g/mol. The van der Waals surface area contributed by atoms with Gasteiger partial charge in [0.2, 0.25) is 0 Å². The molecular formula is C21H13ClFN3O3S. The van der Waals surface area contributed by atoms with Gasteiger partial charge in [-0.2, -0.15) is 5.10 Å². The Kier molecular flexibility index (Phi) is 5.35. The molecule has 2 N–H and O–H groups in total. The summed E-state index contributed by atoms with van der Waals surface area (Å²) in [6, 6.07) is 15.8. The Morgan fingerprint density at radius 3 is 2.53 bits per heavy atom. The van der Waals surface area contributed by atoms with E-state index in [4.69, 9.17) is 16.7 Å².